The Hall–Kier alpha value is -4.13. The van der Waals surface area contributed by atoms with Gasteiger partial charge in [0.15, 0.2) is 24.4 Å². The molecule has 2 aliphatic heterocycles. The lowest BCUT2D eigenvalue weighted by molar-refractivity contribution is -0.384. The molecule has 0 spiro atoms. The first-order valence-electron chi connectivity index (χ1n) is 13.9. The van der Waals surface area contributed by atoms with E-state index in [1.165, 1.54) is 30.3 Å². The van der Waals surface area contributed by atoms with Gasteiger partial charge in [0, 0.05) is 33.8 Å². The van der Waals surface area contributed by atoms with Gasteiger partial charge in [-0.1, -0.05) is 12.1 Å². The Morgan fingerprint density at radius 1 is 0.826 bits per heavy atom. The first kappa shape index (κ1) is 36.3. The van der Waals surface area contributed by atoms with Crippen molar-refractivity contribution in [3.63, 3.8) is 0 Å². The fourth-order valence-corrected chi connectivity index (χ4v) is 4.81. The lowest BCUT2D eigenvalue weighted by Crippen LogP contribution is -2.65. The van der Waals surface area contributed by atoms with E-state index in [1.54, 1.807) is 0 Å². The van der Waals surface area contributed by atoms with Crippen LogP contribution in [0.1, 0.15) is 33.3 Å². The van der Waals surface area contributed by atoms with Gasteiger partial charge in [-0.2, -0.15) is 0 Å². The minimum Gasteiger partial charge on any atom is -0.508 e. The van der Waals surface area contributed by atoms with Gasteiger partial charge in [-0.15, -0.1) is 0 Å². The highest BCUT2D eigenvalue weighted by molar-refractivity contribution is 5.87. The van der Waals surface area contributed by atoms with Crippen molar-refractivity contribution in [1.82, 2.24) is 0 Å². The molecule has 4 N–H and O–H groups in total. The normalized spacial score (nSPS) is 30.8. The van der Waals surface area contributed by atoms with Crippen LogP contribution in [0.25, 0.3) is 6.08 Å². The molecule has 9 atom stereocenters. The van der Waals surface area contributed by atoms with Crippen LogP contribution in [-0.4, -0.2) is 125 Å². The van der Waals surface area contributed by atoms with E-state index in [0.717, 1.165) is 33.8 Å². The molecule has 0 saturated carbocycles. The Labute approximate surface area is 262 Å². The van der Waals surface area contributed by atoms with E-state index in [-0.39, 0.29) is 5.75 Å². The molecule has 17 nitrogen and oxygen atoms in total. The molecule has 0 radical (unpaired) electrons. The third-order valence-electron chi connectivity index (χ3n) is 6.69. The van der Waals surface area contributed by atoms with E-state index in [2.05, 4.69) is 0 Å². The van der Waals surface area contributed by atoms with Gasteiger partial charge in [0.05, 0.1) is 6.61 Å². The number of aliphatic hydroxyl groups excluding tert-OH is 3. The van der Waals surface area contributed by atoms with Gasteiger partial charge in [0.25, 0.3) is 0 Å². The number of aromatic hydroxyl groups is 1. The Kier molecular flexibility index (Phi) is 12.6. The summed E-state index contributed by atoms with van der Waals surface area (Å²) in [7, 11) is 0. The number of benzene rings is 1. The average Bonchev–Trinajstić information content (AvgIpc) is 3.24. The largest absolute Gasteiger partial charge is 0.508 e. The molecule has 2 aliphatic rings. The lowest BCUT2D eigenvalue weighted by Gasteiger charge is -2.46. The maximum absolute atomic E-state index is 12.8. The van der Waals surface area contributed by atoms with E-state index in [1.807, 2.05) is 0 Å². The molecule has 1 aromatic rings. The minimum absolute atomic E-state index is 0.00641. The van der Waals surface area contributed by atoms with Gasteiger partial charge in [-0.3, -0.25) is 19.2 Å². The van der Waals surface area contributed by atoms with Crippen molar-refractivity contribution in [2.75, 3.05) is 19.8 Å². The van der Waals surface area contributed by atoms with E-state index < -0.39 is 104 Å². The number of aliphatic hydroxyl groups is 3. The third-order valence-corrected chi connectivity index (χ3v) is 6.69. The second-order valence-electron chi connectivity index (χ2n) is 10.3. The number of phenolic OH excluding ortho intramolecular Hbond substituents is 1. The zero-order chi connectivity index (χ0) is 34.2. The number of carbonyl (C=O) groups excluding carboxylic acids is 5. The summed E-state index contributed by atoms with van der Waals surface area (Å²) in [5.41, 5.74) is 0.494. The molecule has 17 heteroatoms. The monoisotopic (exact) mass is 656 g/mol. The molecule has 3 rings (SSSR count). The topological polar surface area (TPSA) is 240 Å². The quantitative estimate of drug-likeness (QED) is 0.118. The molecule has 0 aliphatic carbocycles. The first-order chi connectivity index (χ1) is 21.7. The van der Waals surface area contributed by atoms with Crippen LogP contribution >= 0.6 is 0 Å². The van der Waals surface area contributed by atoms with Gasteiger partial charge < -0.3 is 58.3 Å². The molecular formula is C29H36O17. The van der Waals surface area contributed by atoms with Crippen molar-refractivity contribution in [3.05, 3.63) is 35.9 Å². The van der Waals surface area contributed by atoms with Crippen molar-refractivity contribution >= 4 is 35.9 Å². The fourth-order valence-electron chi connectivity index (χ4n) is 4.81. The Morgan fingerprint density at radius 3 is 1.96 bits per heavy atom. The van der Waals surface area contributed by atoms with Gasteiger partial charge in [0.1, 0.15) is 37.3 Å². The third kappa shape index (κ3) is 9.21. The zero-order valence-electron chi connectivity index (χ0n) is 25.3. The molecule has 0 bridgehead atoms. The van der Waals surface area contributed by atoms with Crippen molar-refractivity contribution < 1.29 is 82.3 Å². The summed E-state index contributed by atoms with van der Waals surface area (Å²) in [4.78, 5) is 60.7. The van der Waals surface area contributed by atoms with Crippen LogP contribution in [0, 0.1) is 0 Å². The number of esters is 5. The van der Waals surface area contributed by atoms with Crippen LogP contribution in [-0.2, 0) is 61.9 Å². The summed E-state index contributed by atoms with van der Waals surface area (Å²) < 4.78 is 43.9. The summed E-state index contributed by atoms with van der Waals surface area (Å²) >= 11 is 0. The lowest BCUT2D eigenvalue weighted by atomic mass is 9.97. The number of hydrogen-bond acceptors (Lipinski definition) is 17. The SMILES string of the molecule is CC(=O)OC[C@H]1O[C@H](O[C@]2(CO)O[C@H](CO)[C@@H](O)[C@@H]2OC(=O)/C=C\c2ccc(O)cc2)[C@H](OC(C)=O)[C@@H](OC(C)=O)[C@@H]1OC(C)=O. The summed E-state index contributed by atoms with van der Waals surface area (Å²) in [6, 6.07) is 5.76. The Bertz CT molecular complexity index is 1280. The Morgan fingerprint density at radius 2 is 1.41 bits per heavy atom. The van der Waals surface area contributed by atoms with Crippen molar-refractivity contribution in [3.8, 4) is 5.75 Å². The highest BCUT2D eigenvalue weighted by Gasteiger charge is 2.62. The van der Waals surface area contributed by atoms with Crippen molar-refractivity contribution in [2.24, 2.45) is 0 Å². The van der Waals surface area contributed by atoms with Crippen LogP contribution in [0.4, 0.5) is 0 Å². The second kappa shape index (κ2) is 15.9. The van der Waals surface area contributed by atoms with Gasteiger partial charge >= 0.3 is 29.8 Å². The number of phenols is 1. The molecule has 0 aromatic heterocycles. The van der Waals surface area contributed by atoms with E-state index in [0.29, 0.717) is 5.56 Å². The standard InChI is InChI=1S/C29H36O17/c1-14(32)39-12-21-24(40-15(2)33)25(41-16(3)34)26(42-17(4)35)28(43-21)46-29(13-31)27(23(38)20(11-30)45-29)44-22(37)10-7-18-5-8-19(36)9-6-18/h5-10,20-21,23-28,30-31,36,38H,11-13H2,1-4H3/b10-7-/t20-,21-,23-,24-,25+,26-,27+,28-,29+/m1/s1. The molecule has 0 amide bonds. The zero-order valence-corrected chi connectivity index (χ0v) is 25.3. The predicted octanol–water partition coefficient (Wildman–Crippen LogP) is -1.14. The first-order valence-corrected chi connectivity index (χ1v) is 13.9. The number of rotatable bonds is 12. The molecule has 46 heavy (non-hydrogen) atoms. The predicted molar refractivity (Wildman–Crippen MR) is 148 cm³/mol. The fraction of sp³-hybridized carbons (Fsp3) is 0.552. The smallest absolute Gasteiger partial charge is 0.331 e. The molecule has 2 saturated heterocycles. The maximum Gasteiger partial charge on any atom is 0.331 e. The van der Waals surface area contributed by atoms with E-state index in [9.17, 15) is 44.4 Å². The summed E-state index contributed by atoms with van der Waals surface area (Å²) in [5.74, 6) is -7.05. The molecule has 2 heterocycles. The van der Waals surface area contributed by atoms with Crippen LogP contribution in [0.5, 0.6) is 5.75 Å². The maximum atomic E-state index is 12.8. The van der Waals surface area contributed by atoms with Crippen molar-refractivity contribution in [2.45, 2.75) is 82.5 Å². The Balaban J connectivity index is 2.01. The summed E-state index contributed by atoms with van der Waals surface area (Å²) in [6.07, 6.45) is -11.0. The van der Waals surface area contributed by atoms with Gasteiger partial charge in [0.2, 0.25) is 12.1 Å². The highest BCUT2D eigenvalue weighted by atomic mass is 16.8. The van der Waals surface area contributed by atoms with Crippen LogP contribution < -0.4 is 0 Å². The highest BCUT2D eigenvalue weighted by Crippen LogP contribution is 2.39. The molecule has 0 unspecified atom stereocenters. The van der Waals surface area contributed by atoms with Crippen LogP contribution in [0.3, 0.4) is 0 Å². The van der Waals surface area contributed by atoms with Crippen LogP contribution in [0.15, 0.2) is 30.3 Å². The average molecular weight is 657 g/mol. The van der Waals surface area contributed by atoms with E-state index in [4.69, 9.17) is 37.9 Å². The number of ether oxygens (including phenoxy) is 8. The van der Waals surface area contributed by atoms with E-state index >= 15 is 0 Å². The minimum atomic E-state index is -2.50. The van der Waals surface area contributed by atoms with Crippen molar-refractivity contribution in [1.29, 1.82) is 0 Å². The van der Waals surface area contributed by atoms with Crippen LogP contribution in [0.2, 0.25) is 0 Å². The summed E-state index contributed by atoms with van der Waals surface area (Å²) in [5, 5.41) is 40.7. The number of carbonyl (C=O) groups is 5. The molecule has 1 aromatic carbocycles. The molecule has 254 valence electrons. The van der Waals surface area contributed by atoms with Gasteiger partial charge in [-0.05, 0) is 23.8 Å². The second-order valence-corrected chi connectivity index (χ2v) is 10.3. The van der Waals surface area contributed by atoms with Gasteiger partial charge in [-0.25, -0.2) is 4.79 Å². The summed E-state index contributed by atoms with van der Waals surface area (Å²) in [6.45, 7) is 1.57. The number of hydrogen-bond donors (Lipinski definition) is 4. The molecular weight excluding hydrogens is 620 g/mol. The molecule has 2 fully saturated rings.